The van der Waals surface area contributed by atoms with Gasteiger partial charge in [0.25, 0.3) is 0 Å². The van der Waals surface area contributed by atoms with Crippen molar-refractivity contribution in [2.45, 2.75) is 45.6 Å². The molecule has 0 radical (unpaired) electrons. The van der Waals surface area contributed by atoms with E-state index < -0.39 is 29.3 Å². The molecule has 108 valence electrons. The van der Waals surface area contributed by atoms with Crippen LogP contribution >= 0.6 is 0 Å². The predicted octanol–water partition coefficient (Wildman–Crippen LogP) is 0.504. The minimum atomic E-state index is -0.933. The highest BCUT2D eigenvalue weighted by atomic mass is 16.4. The molecule has 0 heterocycles. The summed E-state index contributed by atoms with van der Waals surface area (Å²) >= 11 is 0. The van der Waals surface area contributed by atoms with Crippen LogP contribution in [0.5, 0.6) is 0 Å². The second-order valence-electron chi connectivity index (χ2n) is 6.14. The highest BCUT2D eigenvalue weighted by Gasteiger charge is 2.42. The molecule has 1 aliphatic rings. The van der Waals surface area contributed by atoms with Gasteiger partial charge < -0.3 is 16.2 Å². The van der Waals surface area contributed by atoms with Gasteiger partial charge in [0.15, 0.2) is 0 Å². The van der Waals surface area contributed by atoms with Crippen molar-refractivity contribution in [2.24, 2.45) is 23.5 Å². The van der Waals surface area contributed by atoms with E-state index in [2.05, 4.69) is 5.32 Å². The maximum Gasteiger partial charge on any atom is 0.307 e. The van der Waals surface area contributed by atoms with Gasteiger partial charge >= 0.3 is 5.97 Å². The van der Waals surface area contributed by atoms with Crippen molar-refractivity contribution in [1.29, 1.82) is 0 Å². The number of amides is 2. The molecule has 0 spiro atoms. The van der Waals surface area contributed by atoms with Crippen molar-refractivity contribution in [1.82, 2.24) is 5.32 Å². The molecule has 1 aliphatic carbocycles. The van der Waals surface area contributed by atoms with Crippen LogP contribution < -0.4 is 11.1 Å². The first kappa shape index (κ1) is 15.5. The number of carboxylic acid groups (broad SMARTS) is 1. The molecular formula is C13H22N2O4. The fraction of sp³-hybridized carbons (Fsp3) is 0.769. The first-order valence-corrected chi connectivity index (χ1v) is 6.45. The van der Waals surface area contributed by atoms with Crippen molar-refractivity contribution in [2.75, 3.05) is 0 Å². The van der Waals surface area contributed by atoms with Gasteiger partial charge in [-0.3, -0.25) is 14.4 Å². The van der Waals surface area contributed by atoms with Crippen molar-refractivity contribution in [3.8, 4) is 0 Å². The van der Waals surface area contributed by atoms with Gasteiger partial charge in [0.2, 0.25) is 11.8 Å². The number of rotatable bonds is 5. The predicted molar refractivity (Wildman–Crippen MR) is 69.0 cm³/mol. The Kier molecular flexibility index (Phi) is 4.55. The van der Waals surface area contributed by atoms with E-state index in [1.165, 1.54) is 0 Å². The van der Waals surface area contributed by atoms with Crippen molar-refractivity contribution in [3.63, 3.8) is 0 Å². The first-order valence-electron chi connectivity index (χ1n) is 6.45. The Morgan fingerprint density at radius 1 is 1.26 bits per heavy atom. The van der Waals surface area contributed by atoms with Crippen molar-refractivity contribution in [3.05, 3.63) is 0 Å². The number of nitrogens with two attached hydrogens (primary N) is 1. The van der Waals surface area contributed by atoms with E-state index in [1.807, 2.05) is 6.92 Å². The first-order chi connectivity index (χ1) is 8.62. The van der Waals surface area contributed by atoms with Crippen LogP contribution in [-0.4, -0.2) is 28.4 Å². The molecule has 19 heavy (non-hydrogen) atoms. The lowest BCUT2D eigenvalue weighted by molar-refractivity contribution is -0.146. The maximum absolute atomic E-state index is 12.2. The Morgan fingerprint density at radius 3 is 2.26 bits per heavy atom. The summed E-state index contributed by atoms with van der Waals surface area (Å²) in [6, 6.07) is 0. The summed E-state index contributed by atoms with van der Waals surface area (Å²) in [6.07, 6.45) is 1.11. The average Bonchev–Trinajstić information content (AvgIpc) is 2.57. The highest BCUT2D eigenvalue weighted by Crippen LogP contribution is 2.36. The zero-order chi connectivity index (χ0) is 14.8. The fourth-order valence-corrected chi connectivity index (χ4v) is 2.76. The number of aliphatic carboxylic acids is 1. The Bertz CT molecular complexity index is 392. The van der Waals surface area contributed by atoms with Crippen LogP contribution in [0.2, 0.25) is 0 Å². The van der Waals surface area contributed by atoms with Crippen LogP contribution in [0.25, 0.3) is 0 Å². The summed E-state index contributed by atoms with van der Waals surface area (Å²) in [7, 11) is 0. The number of carbonyl (C=O) groups excluding carboxylic acids is 2. The molecule has 1 fully saturated rings. The Labute approximate surface area is 112 Å². The van der Waals surface area contributed by atoms with Crippen LogP contribution in [0.3, 0.4) is 0 Å². The maximum atomic E-state index is 12.2. The molecule has 0 aromatic heterocycles. The molecule has 6 nitrogen and oxygen atoms in total. The molecule has 2 amide bonds. The van der Waals surface area contributed by atoms with Gasteiger partial charge in [0.1, 0.15) is 0 Å². The molecule has 0 aromatic carbocycles. The Balaban J connectivity index is 2.71. The largest absolute Gasteiger partial charge is 0.481 e. The quantitative estimate of drug-likeness (QED) is 0.675. The molecule has 4 N–H and O–H groups in total. The van der Waals surface area contributed by atoms with Gasteiger partial charge in [0, 0.05) is 12.0 Å². The molecule has 1 saturated carbocycles. The summed E-state index contributed by atoms with van der Waals surface area (Å²) in [5.74, 6) is -2.68. The van der Waals surface area contributed by atoms with E-state index in [-0.39, 0.29) is 18.2 Å². The minimum absolute atomic E-state index is 0.0265. The van der Waals surface area contributed by atoms with Crippen LogP contribution in [0.4, 0.5) is 0 Å². The van der Waals surface area contributed by atoms with Crippen LogP contribution in [0.15, 0.2) is 0 Å². The SMILES string of the molecule is CC1C[C@H](C(=O)NC(C)(C)CC(N)=O)[C@H](C(=O)O)C1. The second-order valence-corrected chi connectivity index (χ2v) is 6.14. The van der Waals surface area contributed by atoms with Crippen LogP contribution in [0, 0.1) is 17.8 Å². The Hall–Kier alpha value is -1.59. The third-order valence-electron chi connectivity index (χ3n) is 3.53. The van der Waals surface area contributed by atoms with Crippen molar-refractivity contribution >= 4 is 17.8 Å². The summed E-state index contributed by atoms with van der Waals surface area (Å²) in [5, 5.41) is 11.9. The number of carbonyl (C=O) groups is 3. The second kappa shape index (κ2) is 5.59. The van der Waals surface area contributed by atoms with Gasteiger partial charge in [-0.2, -0.15) is 0 Å². The average molecular weight is 270 g/mol. The van der Waals surface area contributed by atoms with E-state index in [9.17, 15) is 14.4 Å². The van der Waals surface area contributed by atoms with Gasteiger partial charge in [0.05, 0.1) is 11.8 Å². The van der Waals surface area contributed by atoms with Gasteiger partial charge in [-0.15, -0.1) is 0 Å². The minimum Gasteiger partial charge on any atom is -0.481 e. The summed E-state index contributed by atoms with van der Waals surface area (Å²) < 4.78 is 0. The summed E-state index contributed by atoms with van der Waals surface area (Å²) in [4.78, 5) is 34.2. The van der Waals surface area contributed by atoms with Gasteiger partial charge in [-0.05, 0) is 32.6 Å². The van der Waals surface area contributed by atoms with Crippen molar-refractivity contribution < 1.29 is 19.5 Å². The molecule has 0 aromatic rings. The van der Waals surface area contributed by atoms with E-state index in [0.29, 0.717) is 12.8 Å². The molecule has 0 bridgehead atoms. The molecule has 0 aliphatic heterocycles. The van der Waals surface area contributed by atoms with Crippen LogP contribution in [0.1, 0.15) is 40.0 Å². The lowest BCUT2D eigenvalue weighted by Crippen LogP contribution is -2.49. The Morgan fingerprint density at radius 2 is 1.79 bits per heavy atom. The normalized spacial score (nSPS) is 27.0. The molecular weight excluding hydrogens is 248 g/mol. The summed E-state index contributed by atoms with van der Waals surface area (Å²) in [5.41, 5.74) is 4.37. The van der Waals surface area contributed by atoms with E-state index in [0.717, 1.165) is 0 Å². The number of hydrogen-bond acceptors (Lipinski definition) is 3. The lowest BCUT2D eigenvalue weighted by Gasteiger charge is -2.27. The van der Waals surface area contributed by atoms with Gasteiger partial charge in [-0.25, -0.2) is 0 Å². The fourth-order valence-electron chi connectivity index (χ4n) is 2.76. The standard InChI is InChI=1S/C13H22N2O4/c1-7-4-8(9(5-7)12(18)19)11(17)15-13(2,3)6-10(14)16/h7-9H,4-6H2,1-3H3,(H2,14,16)(H,15,17)(H,18,19)/t7?,8-,9+/m0/s1. The third-order valence-corrected chi connectivity index (χ3v) is 3.53. The zero-order valence-electron chi connectivity index (χ0n) is 11.6. The molecule has 1 unspecified atom stereocenters. The zero-order valence-corrected chi connectivity index (χ0v) is 11.6. The molecule has 3 atom stereocenters. The van der Waals surface area contributed by atoms with Crippen LogP contribution in [-0.2, 0) is 14.4 Å². The van der Waals surface area contributed by atoms with E-state index >= 15 is 0 Å². The topological polar surface area (TPSA) is 109 Å². The lowest BCUT2D eigenvalue weighted by atomic mass is 9.92. The molecule has 0 saturated heterocycles. The third kappa shape index (κ3) is 4.22. The molecule has 1 rings (SSSR count). The number of primary amides is 1. The highest BCUT2D eigenvalue weighted by molar-refractivity contribution is 5.86. The van der Waals surface area contributed by atoms with Gasteiger partial charge in [-0.1, -0.05) is 6.92 Å². The number of nitrogens with one attached hydrogen (secondary N) is 1. The smallest absolute Gasteiger partial charge is 0.307 e. The van der Waals surface area contributed by atoms with E-state index in [4.69, 9.17) is 10.8 Å². The number of hydrogen-bond donors (Lipinski definition) is 3. The number of carboxylic acids is 1. The molecule has 6 heteroatoms. The van der Waals surface area contributed by atoms with E-state index in [1.54, 1.807) is 13.8 Å². The summed E-state index contributed by atoms with van der Waals surface area (Å²) in [6.45, 7) is 5.34. The monoisotopic (exact) mass is 270 g/mol.